The molecule has 0 spiro atoms. The number of carbonyl (C=O) groups is 1. The minimum Gasteiger partial charge on any atom is -0.465 e. The molecule has 25 heavy (non-hydrogen) atoms. The van der Waals surface area contributed by atoms with Gasteiger partial charge in [-0.25, -0.2) is 0 Å². The average Bonchev–Trinajstić information content (AvgIpc) is 3.00. The van der Waals surface area contributed by atoms with Crippen molar-refractivity contribution in [3.8, 4) is 0 Å². The number of halogens is 1. The summed E-state index contributed by atoms with van der Waals surface area (Å²) in [5.74, 6) is -0.211. The maximum Gasteiger partial charge on any atom is 0.323 e. The molecule has 0 bridgehead atoms. The van der Waals surface area contributed by atoms with Crippen LogP contribution in [-0.2, 0) is 16.0 Å². The number of hydrogen-bond acceptors (Lipinski definition) is 3. The summed E-state index contributed by atoms with van der Waals surface area (Å²) in [7, 11) is 0. The first kappa shape index (κ1) is 16.2. The number of aromatic nitrogens is 1. The molecule has 2 aromatic carbocycles. The lowest BCUT2D eigenvalue weighted by Crippen LogP contribution is -2.45. The predicted octanol–water partition coefficient (Wildman–Crippen LogP) is 3.99. The molecule has 0 saturated heterocycles. The van der Waals surface area contributed by atoms with Crippen molar-refractivity contribution in [1.29, 1.82) is 0 Å². The maximum atomic E-state index is 12.4. The maximum absolute atomic E-state index is 12.4. The number of esters is 1. The van der Waals surface area contributed by atoms with Crippen molar-refractivity contribution in [2.24, 2.45) is 0 Å². The highest BCUT2D eigenvalue weighted by Gasteiger charge is 2.34. The smallest absolute Gasteiger partial charge is 0.323 e. The second-order valence-corrected chi connectivity index (χ2v) is 6.66. The van der Waals surface area contributed by atoms with Gasteiger partial charge < -0.3 is 9.72 Å². The number of carbonyl (C=O) groups excluding carboxylic acids is 1. The van der Waals surface area contributed by atoms with Gasteiger partial charge in [-0.15, -0.1) is 0 Å². The molecule has 1 aliphatic heterocycles. The Labute approximate surface area is 151 Å². The molecule has 5 heteroatoms. The van der Waals surface area contributed by atoms with E-state index < -0.39 is 0 Å². The van der Waals surface area contributed by atoms with Crippen molar-refractivity contribution in [3.05, 3.63) is 70.4 Å². The third-order valence-electron chi connectivity index (χ3n) is 4.69. The molecule has 0 radical (unpaired) electrons. The van der Waals surface area contributed by atoms with Crippen molar-refractivity contribution >= 4 is 28.5 Å². The van der Waals surface area contributed by atoms with E-state index in [2.05, 4.69) is 22.4 Å². The molecular formula is C20H19ClN2O2. The Bertz CT molecular complexity index is 917. The molecule has 2 heterocycles. The van der Waals surface area contributed by atoms with E-state index in [9.17, 15) is 4.79 Å². The Hall–Kier alpha value is -2.30. The molecule has 4 rings (SSSR count). The molecule has 0 aliphatic carbocycles. The first-order valence-corrected chi connectivity index (χ1v) is 8.82. The van der Waals surface area contributed by atoms with Crippen LogP contribution >= 0.6 is 11.6 Å². The van der Waals surface area contributed by atoms with E-state index >= 15 is 0 Å². The normalized spacial score (nSPS) is 19.6. The van der Waals surface area contributed by atoms with Crippen LogP contribution in [0.4, 0.5) is 0 Å². The largest absolute Gasteiger partial charge is 0.465 e. The van der Waals surface area contributed by atoms with Crippen LogP contribution in [0.2, 0.25) is 5.02 Å². The summed E-state index contributed by atoms with van der Waals surface area (Å²) >= 11 is 6.03. The molecule has 0 unspecified atom stereocenters. The Morgan fingerprint density at radius 1 is 1.20 bits per heavy atom. The third-order valence-corrected chi connectivity index (χ3v) is 4.94. The van der Waals surface area contributed by atoms with Gasteiger partial charge in [0.15, 0.2) is 0 Å². The quantitative estimate of drug-likeness (QED) is 0.699. The number of fused-ring (bicyclic) bond motifs is 3. The zero-order valence-corrected chi connectivity index (χ0v) is 14.6. The van der Waals surface area contributed by atoms with E-state index in [-0.39, 0.29) is 18.1 Å². The van der Waals surface area contributed by atoms with Crippen molar-refractivity contribution in [3.63, 3.8) is 0 Å². The van der Waals surface area contributed by atoms with Gasteiger partial charge in [0.25, 0.3) is 0 Å². The number of hydrogen-bond donors (Lipinski definition) is 2. The summed E-state index contributed by atoms with van der Waals surface area (Å²) < 4.78 is 5.26. The summed E-state index contributed by atoms with van der Waals surface area (Å²) in [4.78, 5) is 15.9. The topological polar surface area (TPSA) is 54.1 Å². The summed E-state index contributed by atoms with van der Waals surface area (Å²) in [6.07, 6.45) is 0.613. The molecule has 0 amide bonds. The molecular weight excluding hydrogens is 336 g/mol. The van der Waals surface area contributed by atoms with E-state index in [0.717, 1.165) is 22.2 Å². The van der Waals surface area contributed by atoms with Crippen molar-refractivity contribution < 1.29 is 9.53 Å². The lowest BCUT2D eigenvalue weighted by atomic mass is 9.90. The van der Waals surface area contributed by atoms with Gasteiger partial charge in [-0.1, -0.05) is 41.9 Å². The van der Waals surface area contributed by atoms with Gasteiger partial charge in [0.05, 0.1) is 12.6 Å². The molecule has 1 aromatic heterocycles. The third kappa shape index (κ3) is 2.92. The molecule has 4 nitrogen and oxygen atoms in total. The van der Waals surface area contributed by atoms with Gasteiger partial charge in [-0.3, -0.25) is 10.1 Å². The lowest BCUT2D eigenvalue weighted by Gasteiger charge is -2.30. The Kier molecular flexibility index (Phi) is 4.24. The summed E-state index contributed by atoms with van der Waals surface area (Å²) in [6, 6.07) is 15.4. The number of H-pyrrole nitrogens is 1. The SMILES string of the molecule is CCOC(=O)[C@@H]1Cc2c([nH]c3ccccc23)[C@@H](c2ccc(Cl)cc2)N1. The highest BCUT2D eigenvalue weighted by Crippen LogP contribution is 2.35. The molecule has 128 valence electrons. The van der Waals surface area contributed by atoms with Crippen LogP contribution in [0.5, 0.6) is 0 Å². The van der Waals surface area contributed by atoms with Crippen LogP contribution in [0.15, 0.2) is 48.5 Å². The number of nitrogens with one attached hydrogen (secondary N) is 2. The fourth-order valence-corrected chi connectivity index (χ4v) is 3.67. The van der Waals surface area contributed by atoms with Gasteiger partial charge in [0.2, 0.25) is 0 Å². The monoisotopic (exact) mass is 354 g/mol. The fourth-order valence-electron chi connectivity index (χ4n) is 3.55. The fraction of sp³-hybridized carbons (Fsp3) is 0.250. The van der Waals surface area contributed by atoms with E-state index in [1.807, 2.05) is 43.3 Å². The standard InChI is InChI=1S/C20H19ClN2O2/c1-2-25-20(24)17-11-15-14-5-3-4-6-16(14)22-19(15)18(23-17)12-7-9-13(21)10-8-12/h3-10,17-18,22-23H,2,11H2,1H3/t17-,18+/m0/s1. The molecule has 0 saturated carbocycles. The van der Waals surface area contributed by atoms with Crippen molar-refractivity contribution in [2.75, 3.05) is 6.61 Å². The van der Waals surface area contributed by atoms with Gasteiger partial charge in [0.1, 0.15) is 6.04 Å². The average molecular weight is 355 g/mol. The molecule has 3 aromatic rings. The first-order valence-electron chi connectivity index (χ1n) is 8.45. The number of aromatic amines is 1. The number of ether oxygens (including phenoxy) is 1. The number of rotatable bonds is 3. The second kappa shape index (κ2) is 6.54. The zero-order chi connectivity index (χ0) is 17.4. The van der Waals surface area contributed by atoms with Crippen LogP contribution in [0.25, 0.3) is 10.9 Å². The Morgan fingerprint density at radius 3 is 2.72 bits per heavy atom. The zero-order valence-electron chi connectivity index (χ0n) is 13.9. The highest BCUT2D eigenvalue weighted by molar-refractivity contribution is 6.30. The Morgan fingerprint density at radius 2 is 1.96 bits per heavy atom. The van der Waals surface area contributed by atoms with Gasteiger partial charge >= 0.3 is 5.97 Å². The van der Waals surface area contributed by atoms with Crippen LogP contribution in [0, 0.1) is 0 Å². The lowest BCUT2D eigenvalue weighted by molar-refractivity contribution is -0.146. The van der Waals surface area contributed by atoms with Crippen LogP contribution in [0.1, 0.15) is 29.8 Å². The first-order chi connectivity index (χ1) is 12.2. The Balaban J connectivity index is 1.82. The van der Waals surface area contributed by atoms with Crippen molar-refractivity contribution in [1.82, 2.24) is 10.3 Å². The molecule has 0 fully saturated rings. The van der Waals surface area contributed by atoms with Gasteiger partial charge in [-0.2, -0.15) is 0 Å². The van der Waals surface area contributed by atoms with E-state index in [1.54, 1.807) is 0 Å². The number of benzene rings is 2. The second-order valence-electron chi connectivity index (χ2n) is 6.22. The van der Waals surface area contributed by atoms with Gasteiger partial charge in [0, 0.05) is 28.0 Å². The van der Waals surface area contributed by atoms with Crippen LogP contribution in [0.3, 0.4) is 0 Å². The van der Waals surface area contributed by atoms with Crippen LogP contribution in [-0.4, -0.2) is 23.6 Å². The van der Waals surface area contributed by atoms with E-state index in [1.165, 1.54) is 5.56 Å². The summed E-state index contributed by atoms with van der Waals surface area (Å²) in [5, 5.41) is 5.29. The van der Waals surface area contributed by atoms with E-state index in [0.29, 0.717) is 18.1 Å². The molecule has 2 atom stereocenters. The van der Waals surface area contributed by atoms with Gasteiger partial charge in [-0.05, 0) is 36.2 Å². The molecule has 1 aliphatic rings. The highest BCUT2D eigenvalue weighted by atomic mass is 35.5. The molecule has 2 N–H and O–H groups in total. The van der Waals surface area contributed by atoms with Crippen LogP contribution < -0.4 is 5.32 Å². The van der Waals surface area contributed by atoms with E-state index in [4.69, 9.17) is 16.3 Å². The minimum atomic E-state index is -0.368. The minimum absolute atomic E-state index is 0.108. The summed E-state index contributed by atoms with van der Waals surface area (Å²) in [6.45, 7) is 2.21. The summed E-state index contributed by atoms with van der Waals surface area (Å²) in [5.41, 5.74) is 4.42. The number of para-hydroxylation sites is 1. The predicted molar refractivity (Wildman–Crippen MR) is 98.9 cm³/mol. The van der Waals surface area contributed by atoms with Crippen molar-refractivity contribution in [2.45, 2.75) is 25.4 Å².